The molecule has 3 amide bonds. The van der Waals surface area contributed by atoms with Gasteiger partial charge in [-0.1, -0.05) is 6.07 Å². The number of imide groups is 1. The Morgan fingerprint density at radius 1 is 1.12 bits per heavy atom. The van der Waals surface area contributed by atoms with Gasteiger partial charge in [-0.25, -0.2) is 4.79 Å². The number of Topliss-reactive ketones (excluding diaryl/α,β-unsaturated/α-hetero) is 1. The molecule has 2 aromatic heterocycles. The SMILES string of the molecule is Cc1cc(C(=O)CN2C(=O)NC(C)(c3ccc4c(c3)OCO4)C2=O)c(C)n1Cc1ccco1. The summed E-state index contributed by atoms with van der Waals surface area (Å²) in [6, 6.07) is 9.92. The van der Waals surface area contributed by atoms with Crippen LogP contribution in [0.2, 0.25) is 0 Å². The van der Waals surface area contributed by atoms with Gasteiger partial charge in [0.1, 0.15) is 11.3 Å². The van der Waals surface area contributed by atoms with E-state index in [1.165, 1.54) is 0 Å². The molecular formula is C24H23N3O6. The molecule has 0 aliphatic carbocycles. The van der Waals surface area contributed by atoms with Crippen LogP contribution in [0.25, 0.3) is 0 Å². The molecule has 9 nitrogen and oxygen atoms in total. The molecular weight excluding hydrogens is 426 g/mol. The predicted octanol–water partition coefficient (Wildman–Crippen LogP) is 3.12. The van der Waals surface area contributed by atoms with Gasteiger partial charge in [-0.15, -0.1) is 0 Å². The average Bonchev–Trinajstić information content (AvgIpc) is 3.56. The summed E-state index contributed by atoms with van der Waals surface area (Å²) in [6.45, 7) is 5.60. The average molecular weight is 449 g/mol. The van der Waals surface area contributed by atoms with Crippen LogP contribution in [-0.4, -0.2) is 40.5 Å². The van der Waals surface area contributed by atoms with Crippen molar-refractivity contribution in [2.45, 2.75) is 32.9 Å². The smallest absolute Gasteiger partial charge is 0.325 e. The van der Waals surface area contributed by atoms with E-state index in [1.54, 1.807) is 37.5 Å². The lowest BCUT2D eigenvalue weighted by atomic mass is 9.91. The first kappa shape index (κ1) is 20.9. The number of ketones is 1. The Morgan fingerprint density at radius 2 is 1.91 bits per heavy atom. The largest absolute Gasteiger partial charge is 0.467 e. The summed E-state index contributed by atoms with van der Waals surface area (Å²) in [4.78, 5) is 40.1. The van der Waals surface area contributed by atoms with Crippen molar-refractivity contribution in [1.29, 1.82) is 0 Å². The number of rotatable bonds is 6. The number of ether oxygens (including phenoxy) is 2. The first-order valence-electron chi connectivity index (χ1n) is 10.5. The molecule has 5 rings (SSSR count). The summed E-state index contributed by atoms with van der Waals surface area (Å²) in [5, 5.41) is 2.73. The molecule has 0 radical (unpaired) electrons. The minimum atomic E-state index is -1.31. The molecule has 2 aliphatic heterocycles. The van der Waals surface area contributed by atoms with Gasteiger partial charge < -0.3 is 23.8 Å². The second-order valence-corrected chi connectivity index (χ2v) is 8.39. The Morgan fingerprint density at radius 3 is 2.67 bits per heavy atom. The van der Waals surface area contributed by atoms with Crippen LogP contribution < -0.4 is 14.8 Å². The Balaban J connectivity index is 1.37. The zero-order chi connectivity index (χ0) is 23.3. The van der Waals surface area contributed by atoms with E-state index in [2.05, 4.69) is 5.32 Å². The lowest BCUT2D eigenvalue weighted by Crippen LogP contribution is -2.41. The highest BCUT2D eigenvalue weighted by Gasteiger charge is 2.50. The molecule has 33 heavy (non-hydrogen) atoms. The van der Waals surface area contributed by atoms with Crippen LogP contribution in [0.15, 0.2) is 47.1 Å². The summed E-state index contributed by atoms with van der Waals surface area (Å²) in [5.41, 5.74) is 1.34. The van der Waals surface area contributed by atoms with E-state index < -0.39 is 17.5 Å². The van der Waals surface area contributed by atoms with Gasteiger partial charge in [0.2, 0.25) is 6.79 Å². The van der Waals surface area contributed by atoms with E-state index in [1.807, 2.05) is 30.5 Å². The molecule has 4 heterocycles. The van der Waals surface area contributed by atoms with E-state index in [0.717, 1.165) is 22.0 Å². The molecule has 0 bridgehead atoms. The number of furan rings is 1. The lowest BCUT2D eigenvalue weighted by molar-refractivity contribution is -0.130. The lowest BCUT2D eigenvalue weighted by Gasteiger charge is -2.22. The van der Waals surface area contributed by atoms with E-state index >= 15 is 0 Å². The van der Waals surface area contributed by atoms with Crippen molar-refractivity contribution < 1.29 is 28.3 Å². The van der Waals surface area contributed by atoms with Crippen molar-refractivity contribution in [2.24, 2.45) is 0 Å². The summed E-state index contributed by atoms with van der Waals surface area (Å²) >= 11 is 0. The van der Waals surface area contributed by atoms with Crippen molar-refractivity contribution in [3.05, 3.63) is 70.9 Å². The van der Waals surface area contributed by atoms with Crippen LogP contribution in [-0.2, 0) is 16.9 Å². The van der Waals surface area contributed by atoms with E-state index in [0.29, 0.717) is 29.2 Å². The standard InChI is InChI=1S/C24H23N3O6/c1-14-9-18(15(2)26(14)11-17-5-4-8-31-17)19(28)12-27-22(29)24(3,25-23(27)30)16-6-7-20-21(10-16)33-13-32-20/h4-10H,11-13H2,1-3H3,(H,25,30). The maximum absolute atomic E-state index is 13.3. The number of hydrogen-bond acceptors (Lipinski definition) is 6. The van der Waals surface area contributed by atoms with Crippen molar-refractivity contribution >= 4 is 17.7 Å². The monoisotopic (exact) mass is 449 g/mol. The number of nitrogens with one attached hydrogen (secondary N) is 1. The Labute approximate surface area is 189 Å². The topological polar surface area (TPSA) is 103 Å². The zero-order valence-electron chi connectivity index (χ0n) is 18.5. The second kappa shape index (κ2) is 7.54. The Kier molecular flexibility index (Phi) is 4.77. The maximum Gasteiger partial charge on any atom is 0.325 e. The molecule has 2 aliphatic rings. The normalized spacial score (nSPS) is 19.3. The predicted molar refractivity (Wildman–Crippen MR) is 116 cm³/mol. The molecule has 0 spiro atoms. The minimum absolute atomic E-state index is 0.106. The number of carbonyl (C=O) groups is 3. The van der Waals surface area contributed by atoms with Crippen LogP contribution >= 0.6 is 0 Å². The third-order valence-electron chi connectivity index (χ3n) is 6.29. The number of carbonyl (C=O) groups excluding carboxylic acids is 3. The highest BCUT2D eigenvalue weighted by molar-refractivity contribution is 6.11. The number of nitrogens with zero attached hydrogens (tertiary/aromatic N) is 2. The quantitative estimate of drug-likeness (QED) is 0.458. The summed E-state index contributed by atoms with van der Waals surface area (Å²) in [5.74, 6) is 1.05. The van der Waals surface area contributed by atoms with E-state index in [-0.39, 0.29) is 19.1 Å². The second-order valence-electron chi connectivity index (χ2n) is 8.39. The molecule has 1 aromatic carbocycles. The Hall–Kier alpha value is -4.01. The van der Waals surface area contributed by atoms with E-state index in [4.69, 9.17) is 13.9 Å². The van der Waals surface area contributed by atoms with Crippen molar-refractivity contribution in [2.75, 3.05) is 13.3 Å². The molecule has 3 aromatic rings. The number of fused-ring (bicyclic) bond motifs is 1. The first-order valence-corrected chi connectivity index (χ1v) is 10.5. The van der Waals surface area contributed by atoms with Crippen LogP contribution in [0.5, 0.6) is 11.5 Å². The Bertz CT molecular complexity index is 1280. The van der Waals surface area contributed by atoms with Crippen LogP contribution in [0.1, 0.15) is 40.0 Å². The summed E-state index contributed by atoms with van der Waals surface area (Å²) in [6.07, 6.45) is 1.60. The molecule has 9 heteroatoms. The fourth-order valence-electron chi connectivity index (χ4n) is 4.36. The van der Waals surface area contributed by atoms with Crippen molar-refractivity contribution in [3.8, 4) is 11.5 Å². The van der Waals surface area contributed by atoms with Crippen LogP contribution in [0.4, 0.5) is 4.79 Å². The highest BCUT2D eigenvalue weighted by atomic mass is 16.7. The number of aryl methyl sites for hydroxylation is 1. The fraction of sp³-hybridized carbons (Fsp3) is 0.292. The maximum atomic E-state index is 13.3. The van der Waals surface area contributed by atoms with Gasteiger partial charge in [-0.05, 0) is 56.7 Å². The summed E-state index contributed by atoms with van der Waals surface area (Å²) in [7, 11) is 0. The number of benzene rings is 1. The molecule has 1 fully saturated rings. The fourth-order valence-corrected chi connectivity index (χ4v) is 4.36. The number of amides is 3. The minimum Gasteiger partial charge on any atom is -0.467 e. The zero-order valence-corrected chi connectivity index (χ0v) is 18.5. The number of aromatic nitrogens is 1. The van der Waals surface area contributed by atoms with Gasteiger partial charge >= 0.3 is 6.03 Å². The molecule has 1 saturated heterocycles. The van der Waals surface area contributed by atoms with Crippen molar-refractivity contribution in [1.82, 2.24) is 14.8 Å². The third kappa shape index (κ3) is 3.36. The van der Waals surface area contributed by atoms with Gasteiger partial charge in [0.05, 0.1) is 19.4 Å². The van der Waals surface area contributed by atoms with Crippen LogP contribution in [0, 0.1) is 13.8 Å². The van der Waals surface area contributed by atoms with Gasteiger partial charge in [-0.3, -0.25) is 14.5 Å². The van der Waals surface area contributed by atoms with Crippen molar-refractivity contribution in [3.63, 3.8) is 0 Å². The summed E-state index contributed by atoms with van der Waals surface area (Å²) < 4.78 is 18.1. The van der Waals surface area contributed by atoms with E-state index in [9.17, 15) is 14.4 Å². The number of urea groups is 1. The molecule has 1 unspecified atom stereocenters. The third-order valence-corrected chi connectivity index (χ3v) is 6.29. The highest BCUT2D eigenvalue weighted by Crippen LogP contribution is 2.38. The van der Waals surface area contributed by atoms with Gasteiger partial charge in [0.15, 0.2) is 17.3 Å². The molecule has 170 valence electrons. The van der Waals surface area contributed by atoms with Gasteiger partial charge in [0.25, 0.3) is 5.91 Å². The molecule has 1 atom stereocenters. The molecule has 1 N–H and O–H groups in total. The van der Waals surface area contributed by atoms with Gasteiger partial charge in [0, 0.05) is 17.0 Å². The molecule has 0 saturated carbocycles. The number of hydrogen-bond donors (Lipinski definition) is 1. The van der Waals surface area contributed by atoms with Crippen LogP contribution in [0.3, 0.4) is 0 Å². The first-order chi connectivity index (χ1) is 15.8. The van der Waals surface area contributed by atoms with Gasteiger partial charge in [-0.2, -0.15) is 0 Å².